The number of fused-ring (bicyclic) bond motifs is 7. The van der Waals surface area contributed by atoms with Crippen molar-refractivity contribution in [1.29, 1.82) is 0 Å². The first-order valence-electron chi connectivity index (χ1n) is 13.7. The van der Waals surface area contributed by atoms with Gasteiger partial charge >= 0.3 is 0 Å². The Kier molecular flexibility index (Phi) is 5.19. The molecular weight excluding hydrogens is 535 g/mol. The maximum Gasteiger partial charge on any atom is 0.238 e. The third kappa shape index (κ3) is 3.17. The molecule has 42 heavy (non-hydrogen) atoms. The zero-order chi connectivity index (χ0) is 28.6. The molecule has 4 aromatic rings. The van der Waals surface area contributed by atoms with E-state index in [9.17, 15) is 14.4 Å². The van der Waals surface area contributed by atoms with Crippen molar-refractivity contribution in [2.75, 3.05) is 17.0 Å². The number of hydrogen-bond donors (Lipinski definition) is 1. The molecular formula is C34H23FN2O5. The second-order valence-electron chi connectivity index (χ2n) is 10.8. The number of anilines is 2. The number of benzene rings is 4. The minimum Gasteiger partial charge on any atom is -0.454 e. The Balaban J connectivity index is 1.42. The number of nitrogens with one attached hydrogen (secondary N) is 1. The summed E-state index contributed by atoms with van der Waals surface area (Å²) in [6.07, 6.45) is 3.81. The molecule has 8 rings (SSSR count). The summed E-state index contributed by atoms with van der Waals surface area (Å²) in [4.78, 5) is 45.7. The van der Waals surface area contributed by atoms with Crippen molar-refractivity contribution in [3.63, 3.8) is 0 Å². The number of carbonyl (C=O) groups is 3. The molecule has 4 aromatic carbocycles. The molecule has 1 N–H and O–H groups in total. The number of hydrogen-bond acceptors (Lipinski definition) is 6. The van der Waals surface area contributed by atoms with E-state index in [1.807, 2.05) is 59.5 Å². The minimum absolute atomic E-state index is 0.0297. The monoisotopic (exact) mass is 558 g/mol. The Labute approximate surface area is 240 Å². The number of rotatable bonds is 4. The second kappa shape index (κ2) is 8.88. The van der Waals surface area contributed by atoms with Crippen molar-refractivity contribution in [1.82, 2.24) is 0 Å². The predicted octanol–water partition coefficient (Wildman–Crippen LogP) is 5.41. The lowest BCUT2D eigenvalue weighted by atomic mass is 9.64. The van der Waals surface area contributed by atoms with Gasteiger partial charge < -0.3 is 19.7 Å². The van der Waals surface area contributed by atoms with E-state index in [1.54, 1.807) is 30.3 Å². The fraction of sp³-hybridized carbons (Fsp3) is 0.147. The van der Waals surface area contributed by atoms with Gasteiger partial charge in [-0.2, -0.15) is 0 Å². The molecule has 0 aliphatic carbocycles. The van der Waals surface area contributed by atoms with E-state index in [-0.39, 0.29) is 23.8 Å². The molecule has 1 saturated heterocycles. The lowest BCUT2D eigenvalue weighted by Gasteiger charge is -2.37. The zero-order valence-electron chi connectivity index (χ0n) is 22.1. The van der Waals surface area contributed by atoms with Gasteiger partial charge in [-0.3, -0.25) is 14.4 Å². The number of carbonyl (C=O) groups excluding carboxylic acids is 3. The summed E-state index contributed by atoms with van der Waals surface area (Å²) < 4.78 is 26.3. The molecule has 1 amide bonds. The van der Waals surface area contributed by atoms with Gasteiger partial charge in [0.25, 0.3) is 0 Å². The first-order valence-corrected chi connectivity index (χ1v) is 13.7. The van der Waals surface area contributed by atoms with Crippen molar-refractivity contribution < 1.29 is 28.2 Å². The Hall–Kier alpha value is -5.24. The molecule has 0 aromatic heterocycles. The number of ether oxygens (including phenoxy) is 2. The summed E-state index contributed by atoms with van der Waals surface area (Å²) in [5, 5.41) is 2.99. The van der Waals surface area contributed by atoms with Crippen LogP contribution in [0.4, 0.5) is 15.8 Å². The van der Waals surface area contributed by atoms with Crippen LogP contribution in [0.2, 0.25) is 0 Å². The zero-order valence-corrected chi connectivity index (χ0v) is 22.1. The topological polar surface area (TPSA) is 84.9 Å². The number of halogens is 1. The van der Waals surface area contributed by atoms with Crippen LogP contribution in [0.25, 0.3) is 6.08 Å². The van der Waals surface area contributed by atoms with Crippen LogP contribution in [0.1, 0.15) is 31.8 Å². The fourth-order valence-corrected chi connectivity index (χ4v) is 7.17. The second-order valence-corrected chi connectivity index (χ2v) is 10.8. The van der Waals surface area contributed by atoms with Crippen LogP contribution in [-0.2, 0) is 10.2 Å². The van der Waals surface area contributed by atoms with Crippen LogP contribution in [0.5, 0.6) is 11.5 Å². The van der Waals surface area contributed by atoms with E-state index >= 15 is 4.39 Å². The first kappa shape index (κ1) is 24.5. The molecule has 4 aliphatic rings. The summed E-state index contributed by atoms with van der Waals surface area (Å²) in [6.45, 7) is 0.0297. The summed E-state index contributed by atoms with van der Waals surface area (Å²) in [6, 6.07) is 23.5. The van der Waals surface area contributed by atoms with Crippen LogP contribution >= 0.6 is 0 Å². The maximum atomic E-state index is 15.3. The third-order valence-corrected chi connectivity index (χ3v) is 8.89. The Morgan fingerprint density at radius 1 is 0.881 bits per heavy atom. The van der Waals surface area contributed by atoms with Gasteiger partial charge in [-0.15, -0.1) is 0 Å². The van der Waals surface area contributed by atoms with Crippen molar-refractivity contribution in [2.24, 2.45) is 5.92 Å². The predicted molar refractivity (Wildman–Crippen MR) is 153 cm³/mol. The van der Waals surface area contributed by atoms with Crippen LogP contribution in [0.3, 0.4) is 0 Å². The Morgan fingerprint density at radius 3 is 2.52 bits per heavy atom. The highest BCUT2D eigenvalue weighted by molar-refractivity contribution is 6.18. The lowest BCUT2D eigenvalue weighted by Crippen LogP contribution is -2.51. The van der Waals surface area contributed by atoms with E-state index in [2.05, 4.69) is 5.32 Å². The lowest BCUT2D eigenvalue weighted by molar-refractivity contribution is -0.121. The van der Waals surface area contributed by atoms with Gasteiger partial charge in [0.05, 0.1) is 17.5 Å². The smallest absolute Gasteiger partial charge is 0.238 e. The van der Waals surface area contributed by atoms with Gasteiger partial charge in [-0.1, -0.05) is 60.7 Å². The molecule has 206 valence electrons. The molecule has 7 nitrogen and oxygen atoms in total. The van der Waals surface area contributed by atoms with Crippen LogP contribution in [-0.4, -0.2) is 36.4 Å². The molecule has 0 saturated carbocycles. The Morgan fingerprint density at radius 2 is 1.64 bits per heavy atom. The highest BCUT2D eigenvalue weighted by atomic mass is 19.1. The van der Waals surface area contributed by atoms with Gasteiger partial charge in [-0.25, -0.2) is 4.39 Å². The third-order valence-electron chi connectivity index (χ3n) is 8.89. The highest BCUT2D eigenvalue weighted by Gasteiger charge is 2.70. The van der Waals surface area contributed by atoms with E-state index in [0.29, 0.717) is 28.4 Å². The average Bonchev–Trinajstić information content (AvgIpc) is 3.70. The quantitative estimate of drug-likeness (QED) is 0.337. The number of amides is 1. The maximum absolute atomic E-state index is 15.3. The normalized spacial score (nSPS) is 24.3. The van der Waals surface area contributed by atoms with Gasteiger partial charge in [0, 0.05) is 16.9 Å². The number of Topliss-reactive ketones (excluding diaryl/α,β-unsaturated/α-hetero) is 2. The first-order chi connectivity index (χ1) is 20.5. The summed E-state index contributed by atoms with van der Waals surface area (Å²) >= 11 is 0. The summed E-state index contributed by atoms with van der Waals surface area (Å²) in [5.41, 5.74) is 1.37. The van der Waals surface area contributed by atoms with Gasteiger partial charge in [0.15, 0.2) is 23.1 Å². The van der Waals surface area contributed by atoms with Gasteiger partial charge in [0.1, 0.15) is 17.3 Å². The van der Waals surface area contributed by atoms with E-state index < -0.39 is 40.8 Å². The van der Waals surface area contributed by atoms with E-state index in [1.165, 1.54) is 18.2 Å². The SMILES string of the molecule is O=C(c1ccccc1F)[C@@H]1[C@H](C(=O)c2ccc3c(c2)OCO3)[C@@]2(C(=O)Nc3ccccc32)[C@@H]2C=Cc3ccccc3N12. The molecule has 0 radical (unpaired) electrons. The van der Waals surface area contributed by atoms with Crippen molar-refractivity contribution >= 4 is 34.9 Å². The standard InChI is InChI=1S/C34H23FN2O5/c35-23-10-4-2-8-21(23)32(39)30-29(31(38)20-13-15-26-27(17-20)42-18-41-26)34(22-9-3-5-11-24(22)36-33(34)40)28-16-14-19-7-1-6-12-25(19)37(28)30/h1-17,28-30H,18H2,(H,36,40)/t28-,29+,30-,34-/m0/s1. The number of nitrogens with zero attached hydrogens (tertiary/aromatic N) is 1. The molecule has 0 bridgehead atoms. The number of ketones is 2. The van der Waals surface area contributed by atoms with Crippen LogP contribution in [0.15, 0.2) is 97.1 Å². The van der Waals surface area contributed by atoms with Gasteiger partial charge in [-0.05, 0) is 53.6 Å². The molecule has 4 aliphatic heterocycles. The Bertz CT molecular complexity index is 1870. The molecule has 1 fully saturated rings. The van der Waals surface area contributed by atoms with Crippen molar-refractivity contribution in [3.8, 4) is 11.5 Å². The van der Waals surface area contributed by atoms with Crippen LogP contribution < -0.4 is 19.7 Å². The van der Waals surface area contributed by atoms with Crippen molar-refractivity contribution in [3.05, 3.63) is 125 Å². The number of para-hydroxylation sites is 2. The fourth-order valence-electron chi connectivity index (χ4n) is 7.17. The highest BCUT2D eigenvalue weighted by Crippen LogP contribution is 2.58. The summed E-state index contributed by atoms with van der Waals surface area (Å²) in [5.74, 6) is -2.37. The van der Waals surface area contributed by atoms with Crippen LogP contribution in [0, 0.1) is 11.7 Å². The molecule has 4 heterocycles. The van der Waals surface area contributed by atoms with Gasteiger partial charge in [0.2, 0.25) is 12.7 Å². The van der Waals surface area contributed by atoms with E-state index in [4.69, 9.17) is 9.47 Å². The molecule has 8 heteroatoms. The average molecular weight is 559 g/mol. The van der Waals surface area contributed by atoms with Crippen molar-refractivity contribution in [2.45, 2.75) is 17.5 Å². The summed E-state index contributed by atoms with van der Waals surface area (Å²) in [7, 11) is 0. The molecule has 4 atom stereocenters. The minimum atomic E-state index is -1.49. The molecule has 0 unspecified atom stereocenters. The van der Waals surface area contributed by atoms with E-state index in [0.717, 1.165) is 5.56 Å². The molecule has 1 spiro atoms. The largest absolute Gasteiger partial charge is 0.454 e.